The van der Waals surface area contributed by atoms with Gasteiger partial charge < -0.3 is 15.2 Å². The molecular weight excluding hydrogens is 222 g/mol. The lowest BCUT2D eigenvalue weighted by Crippen LogP contribution is -2.31. The van der Waals surface area contributed by atoms with Crippen molar-refractivity contribution in [2.75, 3.05) is 13.2 Å². The normalized spacial score (nSPS) is 12.6. The summed E-state index contributed by atoms with van der Waals surface area (Å²) < 4.78 is 6.85. The maximum Gasteiger partial charge on any atom is 0.339 e. The summed E-state index contributed by atoms with van der Waals surface area (Å²) in [6.45, 7) is 5.68. The molecule has 0 fully saturated rings. The van der Waals surface area contributed by atoms with Crippen LogP contribution in [0.2, 0.25) is 0 Å². The van der Waals surface area contributed by atoms with Crippen molar-refractivity contribution in [1.29, 1.82) is 0 Å². The van der Waals surface area contributed by atoms with E-state index in [1.165, 1.54) is 6.20 Å². The molecule has 1 aromatic heterocycles. The molecule has 0 radical (unpaired) electrons. The molecule has 1 unspecified atom stereocenters. The highest BCUT2D eigenvalue weighted by molar-refractivity contribution is 5.88. The van der Waals surface area contributed by atoms with Crippen molar-refractivity contribution in [3.63, 3.8) is 0 Å². The van der Waals surface area contributed by atoms with Gasteiger partial charge in [-0.25, -0.2) is 4.79 Å². The Labute approximate surface area is 101 Å². The van der Waals surface area contributed by atoms with Gasteiger partial charge in [0, 0.05) is 26.2 Å². The van der Waals surface area contributed by atoms with Crippen LogP contribution in [0.5, 0.6) is 0 Å². The van der Waals surface area contributed by atoms with Gasteiger partial charge in [0.05, 0.1) is 18.5 Å². The van der Waals surface area contributed by atoms with E-state index < -0.39 is 5.97 Å². The zero-order chi connectivity index (χ0) is 12.8. The van der Waals surface area contributed by atoms with Crippen LogP contribution in [0.15, 0.2) is 6.20 Å². The van der Waals surface area contributed by atoms with Gasteiger partial charge in [0.2, 0.25) is 0 Å². The third-order valence-electron chi connectivity index (χ3n) is 2.48. The summed E-state index contributed by atoms with van der Waals surface area (Å²) in [6, 6.07) is 0.173. The van der Waals surface area contributed by atoms with E-state index in [2.05, 4.69) is 10.4 Å². The Bertz CT molecular complexity index is 376. The third-order valence-corrected chi connectivity index (χ3v) is 2.48. The van der Waals surface area contributed by atoms with E-state index in [1.54, 1.807) is 11.7 Å². The number of ether oxygens (including phenoxy) is 1. The maximum atomic E-state index is 10.9. The van der Waals surface area contributed by atoms with Gasteiger partial charge in [-0.2, -0.15) is 5.10 Å². The zero-order valence-corrected chi connectivity index (χ0v) is 10.4. The molecule has 6 nitrogen and oxygen atoms in total. The minimum Gasteiger partial charge on any atom is -0.478 e. The number of aromatic nitrogens is 2. The molecule has 0 aromatic carbocycles. The van der Waals surface area contributed by atoms with Gasteiger partial charge in [0.15, 0.2) is 0 Å². The molecule has 1 heterocycles. The monoisotopic (exact) mass is 241 g/mol. The SMILES string of the molecule is CCOCC(C)NCc1c(C(=O)O)cnn1C. The molecule has 0 aliphatic carbocycles. The maximum absolute atomic E-state index is 10.9. The van der Waals surface area contributed by atoms with E-state index in [0.29, 0.717) is 25.5 Å². The predicted molar refractivity (Wildman–Crippen MR) is 63.0 cm³/mol. The van der Waals surface area contributed by atoms with E-state index >= 15 is 0 Å². The minimum absolute atomic E-state index is 0.173. The van der Waals surface area contributed by atoms with E-state index in [0.717, 1.165) is 0 Å². The quantitative estimate of drug-likeness (QED) is 0.732. The molecule has 17 heavy (non-hydrogen) atoms. The molecule has 0 amide bonds. The Kier molecular flexibility index (Phi) is 5.11. The van der Waals surface area contributed by atoms with E-state index in [1.807, 2.05) is 13.8 Å². The standard InChI is InChI=1S/C11H19N3O3/c1-4-17-7-8(2)12-6-10-9(11(15)16)5-13-14(10)3/h5,8,12H,4,6-7H2,1-3H3,(H,15,16). The average Bonchev–Trinajstić information content (AvgIpc) is 2.65. The van der Waals surface area contributed by atoms with Crippen molar-refractivity contribution in [3.05, 3.63) is 17.5 Å². The van der Waals surface area contributed by atoms with Crippen molar-refractivity contribution in [2.24, 2.45) is 7.05 Å². The molecule has 6 heteroatoms. The van der Waals surface area contributed by atoms with E-state index in [4.69, 9.17) is 9.84 Å². The van der Waals surface area contributed by atoms with Gasteiger partial charge in [-0.05, 0) is 13.8 Å². The molecular formula is C11H19N3O3. The van der Waals surface area contributed by atoms with Crippen LogP contribution in [0, 0.1) is 0 Å². The van der Waals surface area contributed by atoms with Gasteiger partial charge in [-0.3, -0.25) is 4.68 Å². The number of carbonyl (C=O) groups is 1. The highest BCUT2D eigenvalue weighted by Crippen LogP contribution is 2.07. The van der Waals surface area contributed by atoms with E-state index in [9.17, 15) is 4.79 Å². The number of nitrogens with one attached hydrogen (secondary N) is 1. The molecule has 0 bridgehead atoms. The number of hydrogen-bond donors (Lipinski definition) is 2. The lowest BCUT2D eigenvalue weighted by atomic mass is 10.2. The molecule has 0 saturated heterocycles. The summed E-state index contributed by atoms with van der Waals surface area (Å²) in [6.07, 6.45) is 1.37. The number of rotatable bonds is 7. The topological polar surface area (TPSA) is 76.4 Å². The summed E-state index contributed by atoms with van der Waals surface area (Å²) in [5.41, 5.74) is 0.907. The van der Waals surface area contributed by atoms with Crippen LogP contribution < -0.4 is 5.32 Å². The van der Waals surface area contributed by atoms with E-state index in [-0.39, 0.29) is 11.6 Å². The summed E-state index contributed by atoms with van der Waals surface area (Å²) in [7, 11) is 1.73. The van der Waals surface area contributed by atoms with Crippen LogP contribution in [0.3, 0.4) is 0 Å². The fourth-order valence-electron chi connectivity index (χ4n) is 1.48. The lowest BCUT2D eigenvalue weighted by Gasteiger charge is -2.14. The van der Waals surface area contributed by atoms with Crippen molar-refractivity contribution >= 4 is 5.97 Å². The number of hydrogen-bond acceptors (Lipinski definition) is 4. The molecule has 0 saturated carbocycles. The van der Waals surface area contributed by atoms with Crippen LogP contribution in [0.1, 0.15) is 29.9 Å². The summed E-state index contributed by atoms with van der Waals surface area (Å²) in [5.74, 6) is -0.952. The van der Waals surface area contributed by atoms with Gasteiger partial charge in [0.1, 0.15) is 5.56 Å². The van der Waals surface area contributed by atoms with Crippen LogP contribution in [-0.2, 0) is 18.3 Å². The first kappa shape index (κ1) is 13.7. The fourth-order valence-corrected chi connectivity index (χ4v) is 1.48. The third kappa shape index (κ3) is 3.83. The Balaban J connectivity index is 2.56. The first-order valence-electron chi connectivity index (χ1n) is 5.61. The van der Waals surface area contributed by atoms with Crippen molar-refractivity contribution in [2.45, 2.75) is 26.4 Å². The van der Waals surface area contributed by atoms with Crippen LogP contribution in [0.25, 0.3) is 0 Å². The average molecular weight is 241 g/mol. The molecule has 96 valence electrons. The zero-order valence-electron chi connectivity index (χ0n) is 10.4. The Morgan fingerprint density at radius 3 is 3.00 bits per heavy atom. The van der Waals surface area contributed by atoms with Crippen molar-refractivity contribution in [3.8, 4) is 0 Å². The number of aromatic carboxylic acids is 1. The number of nitrogens with zero attached hydrogens (tertiary/aromatic N) is 2. The molecule has 0 aliphatic rings. The van der Waals surface area contributed by atoms with Gasteiger partial charge in [-0.15, -0.1) is 0 Å². The highest BCUT2D eigenvalue weighted by Gasteiger charge is 2.15. The number of carboxylic acid groups (broad SMARTS) is 1. The van der Waals surface area contributed by atoms with Crippen molar-refractivity contribution < 1.29 is 14.6 Å². The van der Waals surface area contributed by atoms with Crippen molar-refractivity contribution in [1.82, 2.24) is 15.1 Å². The molecule has 1 aromatic rings. The first-order valence-corrected chi connectivity index (χ1v) is 5.61. The second kappa shape index (κ2) is 6.36. The summed E-state index contributed by atoms with van der Waals surface area (Å²) in [4.78, 5) is 10.9. The first-order chi connectivity index (χ1) is 8.06. The summed E-state index contributed by atoms with van der Waals surface area (Å²) in [5, 5.41) is 16.1. The Morgan fingerprint density at radius 2 is 2.41 bits per heavy atom. The molecule has 0 aliphatic heterocycles. The minimum atomic E-state index is -0.952. The Morgan fingerprint density at radius 1 is 1.71 bits per heavy atom. The summed E-state index contributed by atoms with van der Waals surface area (Å²) >= 11 is 0. The number of carboxylic acids is 1. The molecule has 1 atom stereocenters. The second-order valence-corrected chi connectivity index (χ2v) is 3.88. The smallest absolute Gasteiger partial charge is 0.339 e. The molecule has 2 N–H and O–H groups in total. The Hall–Kier alpha value is -1.40. The second-order valence-electron chi connectivity index (χ2n) is 3.88. The van der Waals surface area contributed by atoms with Gasteiger partial charge >= 0.3 is 5.97 Å². The van der Waals surface area contributed by atoms with Gasteiger partial charge in [-0.1, -0.05) is 0 Å². The largest absolute Gasteiger partial charge is 0.478 e. The fraction of sp³-hybridized carbons (Fsp3) is 0.636. The number of aryl methyl sites for hydroxylation is 1. The predicted octanol–water partition coefficient (Wildman–Crippen LogP) is 0.633. The highest BCUT2D eigenvalue weighted by atomic mass is 16.5. The van der Waals surface area contributed by atoms with Crippen LogP contribution in [0.4, 0.5) is 0 Å². The van der Waals surface area contributed by atoms with Gasteiger partial charge in [0.25, 0.3) is 0 Å². The van der Waals surface area contributed by atoms with Crippen LogP contribution in [-0.4, -0.2) is 40.1 Å². The lowest BCUT2D eigenvalue weighted by molar-refractivity contribution is 0.0695. The molecule has 1 rings (SSSR count). The van der Waals surface area contributed by atoms with Crippen LogP contribution >= 0.6 is 0 Å². The molecule has 0 spiro atoms.